The molecule has 31 heavy (non-hydrogen) atoms. The van der Waals surface area contributed by atoms with Gasteiger partial charge in [0.15, 0.2) is 0 Å². The van der Waals surface area contributed by atoms with Crippen molar-refractivity contribution in [3.8, 4) is 0 Å². The first-order valence-corrected chi connectivity index (χ1v) is 12.4. The Bertz CT molecular complexity index is 984. The van der Waals surface area contributed by atoms with Crippen molar-refractivity contribution in [1.29, 1.82) is 0 Å². The van der Waals surface area contributed by atoms with Crippen LogP contribution in [-0.4, -0.2) is 38.3 Å². The minimum Gasteiger partial charge on any atom is -0.325 e. The van der Waals surface area contributed by atoms with Gasteiger partial charge in [-0.2, -0.15) is 4.31 Å². The largest absolute Gasteiger partial charge is 0.325 e. The van der Waals surface area contributed by atoms with Gasteiger partial charge in [0.1, 0.15) is 0 Å². The van der Waals surface area contributed by atoms with E-state index in [2.05, 4.69) is 36.6 Å². The third kappa shape index (κ3) is 5.93. The molecular weight excluding hydrogens is 410 g/mol. The molecule has 0 aliphatic carbocycles. The predicted molar refractivity (Wildman–Crippen MR) is 124 cm³/mol. The van der Waals surface area contributed by atoms with Crippen molar-refractivity contribution in [3.63, 3.8) is 0 Å². The Morgan fingerprint density at radius 3 is 2.35 bits per heavy atom. The minimum atomic E-state index is -3.54. The summed E-state index contributed by atoms with van der Waals surface area (Å²) in [7, 11) is -3.54. The van der Waals surface area contributed by atoms with Crippen LogP contribution in [0.2, 0.25) is 0 Å². The lowest BCUT2D eigenvalue weighted by atomic mass is 9.96. The van der Waals surface area contributed by atoms with Crippen LogP contribution in [0.25, 0.3) is 0 Å². The first-order valence-electron chi connectivity index (χ1n) is 11.0. The minimum absolute atomic E-state index is 0.0545. The fourth-order valence-electron chi connectivity index (χ4n) is 3.95. The molecular formula is C24H33N3O3S. The molecule has 7 heteroatoms. The lowest BCUT2D eigenvalue weighted by Gasteiger charge is -2.26. The quantitative estimate of drug-likeness (QED) is 0.644. The maximum Gasteiger partial charge on any atom is 0.243 e. The summed E-state index contributed by atoms with van der Waals surface area (Å²) in [5.41, 5.74) is 2.50. The molecule has 2 aromatic carbocycles. The summed E-state index contributed by atoms with van der Waals surface area (Å²) in [6.45, 7) is 7.33. The van der Waals surface area contributed by atoms with E-state index in [1.165, 1.54) is 0 Å². The van der Waals surface area contributed by atoms with Gasteiger partial charge in [-0.1, -0.05) is 56.7 Å². The second kappa shape index (κ2) is 10.4. The van der Waals surface area contributed by atoms with Crippen LogP contribution in [0.4, 0.5) is 5.69 Å². The van der Waals surface area contributed by atoms with E-state index in [9.17, 15) is 13.2 Å². The van der Waals surface area contributed by atoms with Crippen LogP contribution >= 0.6 is 0 Å². The Morgan fingerprint density at radius 1 is 1.03 bits per heavy atom. The molecule has 1 atom stereocenters. The van der Waals surface area contributed by atoms with E-state index in [1.807, 2.05) is 25.1 Å². The number of carbonyl (C=O) groups excluding carboxylic acids is 1. The van der Waals surface area contributed by atoms with Gasteiger partial charge >= 0.3 is 0 Å². The molecule has 3 rings (SSSR count). The summed E-state index contributed by atoms with van der Waals surface area (Å²) in [6, 6.07) is 15.1. The fraction of sp³-hybridized carbons (Fsp3) is 0.458. The molecule has 2 aromatic rings. The Morgan fingerprint density at radius 2 is 1.71 bits per heavy atom. The number of aryl methyl sites for hydroxylation is 1. The maximum atomic E-state index is 13.0. The number of benzene rings is 2. The highest BCUT2D eigenvalue weighted by Gasteiger charge is 2.26. The number of piperidine rings is 1. The summed E-state index contributed by atoms with van der Waals surface area (Å²) >= 11 is 0. The molecule has 1 heterocycles. The third-order valence-corrected chi connectivity index (χ3v) is 7.64. The van der Waals surface area contributed by atoms with Gasteiger partial charge < -0.3 is 10.6 Å². The molecule has 0 unspecified atom stereocenters. The number of anilines is 1. The fourth-order valence-corrected chi connectivity index (χ4v) is 5.49. The Labute approximate surface area is 186 Å². The molecule has 0 aromatic heterocycles. The van der Waals surface area contributed by atoms with Gasteiger partial charge in [0, 0.05) is 24.8 Å². The first-order chi connectivity index (χ1) is 14.8. The SMILES string of the molecule is Cc1ccc(S(=O)(=O)N2CCCCC2)cc1NC(=O)CN[C@H](c1ccccc1)C(C)C. The molecule has 1 fully saturated rings. The molecule has 0 bridgehead atoms. The van der Waals surface area contributed by atoms with Gasteiger partial charge in [-0.05, 0) is 48.9 Å². The molecule has 168 valence electrons. The molecule has 1 aliphatic rings. The van der Waals surface area contributed by atoms with Crippen LogP contribution in [-0.2, 0) is 14.8 Å². The van der Waals surface area contributed by atoms with Crippen LogP contribution in [0.5, 0.6) is 0 Å². The first kappa shape index (κ1) is 23.4. The van der Waals surface area contributed by atoms with Crippen molar-refractivity contribution < 1.29 is 13.2 Å². The second-order valence-corrected chi connectivity index (χ2v) is 10.4. The van der Waals surface area contributed by atoms with Crippen molar-refractivity contribution in [2.75, 3.05) is 25.0 Å². The average Bonchev–Trinajstić information content (AvgIpc) is 2.76. The molecule has 1 aliphatic heterocycles. The van der Waals surface area contributed by atoms with E-state index >= 15 is 0 Å². The smallest absolute Gasteiger partial charge is 0.243 e. The summed E-state index contributed by atoms with van der Waals surface area (Å²) in [6.07, 6.45) is 2.84. The van der Waals surface area contributed by atoms with Crippen molar-refractivity contribution in [2.45, 2.75) is 51.0 Å². The number of rotatable bonds is 8. The molecule has 1 amide bonds. The van der Waals surface area contributed by atoms with Crippen LogP contribution in [0.15, 0.2) is 53.4 Å². The van der Waals surface area contributed by atoms with E-state index < -0.39 is 10.0 Å². The van der Waals surface area contributed by atoms with E-state index in [0.29, 0.717) is 24.7 Å². The van der Waals surface area contributed by atoms with Crippen molar-refractivity contribution in [2.24, 2.45) is 5.92 Å². The van der Waals surface area contributed by atoms with E-state index in [1.54, 1.807) is 22.5 Å². The van der Waals surface area contributed by atoms with E-state index in [4.69, 9.17) is 0 Å². The topological polar surface area (TPSA) is 78.5 Å². The van der Waals surface area contributed by atoms with Crippen molar-refractivity contribution in [1.82, 2.24) is 9.62 Å². The van der Waals surface area contributed by atoms with Gasteiger partial charge in [-0.3, -0.25) is 4.79 Å². The highest BCUT2D eigenvalue weighted by Crippen LogP contribution is 2.25. The van der Waals surface area contributed by atoms with E-state index in [0.717, 1.165) is 30.4 Å². The van der Waals surface area contributed by atoms with Gasteiger partial charge in [0.25, 0.3) is 0 Å². The number of hydrogen-bond donors (Lipinski definition) is 2. The Hall–Kier alpha value is -2.22. The van der Waals surface area contributed by atoms with Crippen molar-refractivity contribution in [3.05, 3.63) is 59.7 Å². The Kier molecular flexibility index (Phi) is 7.86. The van der Waals surface area contributed by atoms with E-state index in [-0.39, 0.29) is 23.4 Å². The summed E-state index contributed by atoms with van der Waals surface area (Å²) in [4.78, 5) is 12.9. The van der Waals surface area contributed by atoms with Crippen LogP contribution in [0, 0.1) is 12.8 Å². The standard InChI is InChI=1S/C24H33N3O3S/c1-18(2)24(20-10-6-4-7-11-20)25-17-23(28)26-22-16-21(13-12-19(22)3)31(29,30)27-14-8-5-9-15-27/h4,6-7,10-13,16,18,24-25H,5,8-9,14-15,17H2,1-3H3,(H,26,28)/t24-/m0/s1. The number of carbonyl (C=O) groups is 1. The van der Waals surface area contributed by atoms with Crippen molar-refractivity contribution >= 4 is 21.6 Å². The highest BCUT2D eigenvalue weighted by atomic mass is 32.2. The zero-order valence-corrected chi connectivity index (χ0v) is 19.4. The third-order valence-electron chi connectivity index (χ3n) is 5.74. The number of amides is 1. The zero-order chi connectivity index (χ0) is 22.4. The van der Waals surface area contributed by atoms with Gasteiger partial charge in [0.2, 0.25) is 15.9 Å². The second-order valence-electron chi connectivity index (χ2n) is 8.50. The van der Waals surface area contributed by atoms with Gasteiger partial charge in [0.05, 0.1) is 11.4 Å². The predicted octanol–water partition coefficient (Wildman–Crippen LogP) is 4.10. The summed E-state index contributed by atoms with van der Waals surface area (Å²) in [5.74, 6) is 0.118. The number of nitrogens with zero attached hydrogens (tertiary/aromatic N) is 1. The molecule has 6 nitrogen and oxygen atoms in total. The average molecular weight is 444 g/mol. The molecule has 0 radical (unpaired) electrons. The molecule has 0 saturated carbocycles. The highest BCUT2D eigenvalue weighted by molar-refractivity contribution is 7.89. The molecule has 2 N–H and O–H groups in total. The van der Waals surface area contributed by atoms with Gasteiger partial charge in [-0.15, -0.1) is 0 Å². The number of hydrogen-bond acceptors (Lipinski definition) is 4. The molecule has 0 spiro atoms. The van der Waals surface area contributed by atoms with Crippen LogP contribution in [0.3, 0.4) is 0 Å². The Balaban J connectivity index is 1.69. The molecule has 1 saturated heterocycles. The summed E-state index contributed by atoms with van der Waals surface area (Å²) in [5, 5.41) is 6.22. The monoisotopic (exact) mass is 443 g/mol. The normalized spacial score (nSPS) is 16.3. The number of sulfonamides is 1. The maximum absolute atomic E-state index is 13.0. The lowest BCUT2D eigenvalue weighted by Crippen LogP contribution is -2.35. The van der Waals surface area contributed by atoms with Crippen LogP contribution in [0.1, 0.15) is 50.3 Å². The van der Waals surface area contributed by atoms with Gasteiger partial charge in [-0.25, -0.2) is 8.42 Å². The summed E-state index contributed by atoms with van der Waals surface area (Å²) < 4.78 is 27.5. The number of nitrogens with one attached hydrogen (secondary N) is 2. The lowest BCUT2D eigenvalue weighted by molar-refractivity contribution is -0.115. The van der Waals surface area contributed by atoms with Crippen LogP contribution < -0.4 is 10.6 Å². The zero-order valence-electron chi connectivity index (χ0n) is 18.6.